The van der Waals surface area contributed by atoms with E-state index in [0.29, 0.717) is 0 Å². The summed E-state index contributed by atoms with van der Waals surface area (Å²) in [6, 6.07) is 4.43. The van der Waals surface area contributed by atoms with Crippen LogP contribution in [0.2, 0.25) is 0 Å². The van der Waals surface area contributed by atoms with Gasteiger partial charge in [-0.2, -0.15) is 5.10 Å². The molecule has 0 atom stereocenters. The van der Waals surface area contributed by atoms with Crippen molar-refractivity contribution in [2.75, 3.05) is 5.73 Å². The Labute approximate surface area is 115 Å². The minimum Gasteiger partial charge on any atom is -0.383 e. The molecule has 0 saturated heterocycles. The molecule has 94 valence electrons. The van der Waals surface area contributed by atoms with Gasteiger partial charge in [0.2, 0.25) is 0 Å². The Morgan fingerprint density at radius 1 is 1.28 bits per heavy atom. The third kappa shape index (κ3) is 1.85. The molecule has 0 saturated carbocycles. The van der Waals surface area contributed by atoms with Crippen LogP contribution in [0.25, 0.3) is 11.1 Å². The topological polar surface area (TPSA) is 43.8 Å². The maximum atomic E-state index is 6.05. The van der Waals surface area contributed by atoms with Crippen LogP contribution in [0.4, 0.5) is 5.82 Å². The molecule has 1 heterocycles. The van der Waals surface area contributed by atoms with E-state index in [2.05, 4.69) is 33.2 Å². The number of nitrogens with two attached hydrogens (primary N) is 1. The Balaban J connectivity index is 2.14. The van der Waals surface area contributed by atoms with Gasteiger partial charge in [-0.05, 0) is 48.4 Å². The van der Waals surface area contributed by atoms with Crippen LogP contribution in [0.15, 0.2) is 22.8 Å². The van der Waals surface area contributed by atoms with Crippen molar-refractivity contribution in [1.82, 2.24) is 9.78 Å². The molecule has 1 aromatic heterocycles. The van der Waals surface area contributed by atoms with Crippen LogP contribution in [0.5, 0.6) is 0 Å². The van der Waals surface area contributed by atoms with Crippen LogP contribution in [-0.4, -0.2) is 9.78 Å². The maximum absolute atomic E-state index is 6.05. The van der Waals surface area contributed by atoms with Crippen molar-refractivity contribution >= 4 is 21.7 Å². The predicted molar refractivity (Wildman–Crippen MR) is 77.4 cm³/mol. The highest BCUT2D eigenvalue weighted by atomic mass is 79.9. The standard InChI is InChI=1S/C14H16BrN3/c1-18-14(16)12(8-17-18)10-6-9-4-2-3-5-11(9)13(15)7-10/h6-8H,2-5,16H2,1H3. The highest BCUT2D eigenvalue weighted by Gasteiger charge is 2.16. The molecular weight excluding hydrogens is 290 g/mol. The lowest BCUT2D eigenvalue weighted by Crippen LogP contribution is -2.04. The zero-order chi connectivity index (χ0) is 12.7. The summed E-state index contributed by atoms with van der Waals surface area (Å²) in [7, 11) is 1.87. The van der Waals surface area contributed by atoms with Crippen molar-refractivity contribution in [2.45, 2.75) is 25.7 Å². The molecule has 3 rings (SSSR count). The Kier molecular flexibility index (Phi) is 2.90. The molecule has 18 heavy (non-hydrogen) atoms. The van der Waals surface area contributed by atoms with Crippen LogP contribution in [0.3, 0.4) is 0 Å². The highest BCUT2D eigenvalue weighted by Crippen LogP contribution is 2.35. The summed E-state index contributed by atoms with van der Waals surface area (Å²) in [6.45, 7) is 0. The summed E-state index contributed by atoms with van der Waals surface area (Å²) < 4.78 is 2.92. The molecule has 0 spiro atoms. The average Bonchev–Trinajstić information content (AvgIpc) is 2.70. The van der Waals surface area contributed by atoms with Gasteiger partial charge < -0.3 is 5.73 Å². The number of rotatable bonds is 1. The molecule has 2 N–H and O–H groups in total. The van der Waals surface area contributed by atoms with Gasteiger partial charge in [0.1, 0.15) is 5.82 Å². The molecule has 0 bridgehead atoms. The van der Waals surface area contributed by atoms with Gasteiger partial charge in [-0.3, -0.25) is 4.68 Å². The Bertz CT molecular complexity index is 601. The lowest BCUT2D eigenvalue weighted by atomic mass is 9.89. The van der Waals surface area contributed by atoms with Crippen LogP contribution in [-0.2, 0) is 19.9 Å². The fraction of sp³-hybridized carbons (Fsp3) is 0.357. The largest absolute Gasteiger partial charge is 0.383 e. The summed E-state index contributed by atoms with van der Waals surface area (Å²) in [6.07, 6.45) is 6.76. The van der Waals surface area contributed by atoms with E-state index >= 15 is 0 Å². The van der Waals surface area contributed by atoms with E-state index in [4.69, 9.17) is 5.73 Å². The number of hydrogen-bond donors (Lipinski definition) is 1. The van der Waals surface area contributed by atoms with Gasteiger partial charge in [-0.15, -0.1) is 0 Å². The van der Waals surface area contributed by atoms with Crippen LogP contribution >= 0.6 is 15.9 Å². The molecule has 3 nitrogen and oxygen atoms in total. The lowest BCUT2D eigenvalue weighted by molar-refractivity contribution is 0.683. The van der Waals surface area contributed by atoms with Gasteiger partial charge in [-0.1, -0.05) is 22.0 Å². The van der Waals surface area contributed by atoms with E-state index in [-0.39, 0.29) is 0 Å². The monoisotopic (exact) mass is 305 g/mol. The second kappa shape index (κ2) is 4.43. The molecule has 2 aromatic rings. The first-order valence-corrected chi connectivity index (χ1v) is 7.05. The second-order valence-electron chi connectivity index (χ2n) is 4.87. The molecule has 0 amide bonds. The van der Waals surface area contributed by atoms with Crippen LogP contribution in [0.1, 0.15) is 24.0 Å². The van der Waals surface area contributed by atoms with Gasteiger partial charge in [0, 0.05) is 17.1 Å². The summed E-state index contributed by atoms with van der Waals surface area (Å²) in [5.74, 6) is 0.720. The van der Waals surface area contributed by atoms with Crippen molar-refractivity contribution in [2.24, 2.45) is 7.05 Å². The number of nitrogens with zero attached hydrogens (tertiary/aromatic N) is 2. The van der Waals surface area contributed by atoms with Crippen LogP contribution in [0, 0.1) is 0 Å². The second-order valence-corrected chi connectivity index (χ2v) is 5.72. The number of fused-ring (bicyclic) bond motifs is 1. The smallest absolute Gasteiger partial charge is 0.129 e. The molecule has 1 aliphatic carbocycles. The number of aryl methyl sites for hydroxylation is 2. The zero-order valence-electron chi connectivity index (χ0n) is 10.4. The lowest BCUT2D eigenvalue weighted by Gasteiger charge is -2.18. The van der Waals surface area contributed by atoms with Crippen LogP contribution < -0.4 is 5.73 Å². The van der Waals surface area contributed by atoms with Crippen molar-refractivity contribution in [3.63, 3.8) is 0 Å². The number of aromatic nitrogens is 2. The SMILES string of the molecule is Cn1ncc(-c2cc(Br)c3c(c2)CCCC3)c1N. The Morgan fingerprint density at radius 2 is 2.06 bits per heavy atom. The first-order chi connectivity index (χ1) is 8.66. The molecule has 1 aromatic carbocycles. The highest BCUT2D eigenvalue weighted by molar-refractivity contribution is 9.10. The van der Waals surface area contributed by atoms with E-state index in [1.54, 1.807) is 4.68 Å². The summed E-state index contributed by atoms with van der Waals surface area (Å²) in [4.78, 5) is 0. The third-order valence-corrected chi connectivity index (χ3v) is 4.41. The van der Waals surface area contributed by atoms with Gasteiger partial charge in [0.25, 0.3) is 0 Å². The van der Waals surface area contributed by atoms with Gasteiger partial charge in [-0.25, -0.2) is 0 Å². The third-order valence-electron chi connectivity index (χ3n) is 3.71. The minimum atomic E-state index is 0.720. The summed E-state index contributed by atoms with van der Waals surface area (Å²) in [5.41, 5.74) is 11.1. The molecule has 0 radical (unpaired) electrons. The van der Waals surface area contributed by atoms with Gasteiger partial charge >= 0.3 is 0 Å². The van der Waals surface area contributed by atoms with E-state index in [9.17, 15) is 0 Å². The van der Waals surface area contributed by atoms with Crippen molar-refractivity contribution in [1.29, 1.82) is 0 Å². The maximum Gasteiger partial charge on any atom is 0.129 e. The average molecular weight is 306 g/mol. The van der Waals surface area contributed by atoms with Gasteiger partial charge in [0.15, 0.2) is 0 Å². The first-order valence-electron chi connectivity index (χ1n) is 6.26. The normalized spacial score (nSPS) is 14.6. The fourth-order valence-electron chi connectivity index (χ4n) is 2.64. The Morgan fingerprint density at radius 3 is 2.78 bits per heavy atom. The Hall–Kier alpha value is -1.29. The number of benzene rings is 1. The zero-order valence-corrected chi connectivity index (χ0v) is 12.0. The van der Waals surface area contributed by atoms with E-state index < -0.39 is 0 Å². The first kappa shape index (κ1) is 11.8. The minimum absolute atomic E-state index is 0.720. The quantitative estimate of drug-likeness (QED) is 0.878. The van der Waals surface area contributed by atoms with E-state index in [0.717, 1.165) is 16.9 Å². The molecular formula is C14H16BrN3. The van der Waals surface area contributed by atoms with Crippen molar-refractivity contribution < 1.29 is 0 Å². The van der Waals surface area contributed by atoms with Crippen molar-refractivity contribution in [3.05, 3.63) is 33.9 Å². The number of hydrogen-bond acceptors (Lipinski definition) is 2. The number of nitrogen functional groups attached to an aromatic ring is 1. The van der Waals surface area contributed by atoms with E-state index in [1.807, 2.05) is 13.2 Å². The summed E-state index contributed by atoms with van der Waals surface area (Å²) >= 11 is 3.69. The van der Waals surface area contributed by atoms with Gasteiger partial charge in [0.05, 0.1) is 6.20 Å². The number of halogens is 1. The molecule has 1 aliphatic rings. The van der Waals surface area contributed by atoms with Crippen molar-refractivity contribution in [3.8, 4) is 11.1 Å². The summed E-state index contributed by atoms with van der Waals surface area (Å²) in [5, 5.41) is 4.21. The molecule has 4 heteroatoms. The molecule has 0 unspecified atom stereocenters. The molecule has 0 fully saturated rings. The van der Waals surface area contributed by atoms with E-state index in [1.165, 1.54) is 41.3 Å². The number of anilines is 1. The molecule has 0 aliphatic heterocycles. The predicted octanol–water partition coefficient (Wildman–Crippen LogP) is 3.31. The fourth-order valence-corrected chi connectivity index (χ4v) is 3.34.